The average Bonchev–Trinajstić information content (AvgIpc) is 2.90. The Bertz CT molecular complexity index is 1150. The summed E-state index contributed by atoms with van der Waals surface area (Å²) >= 11 is 0. The van der Waals surface area contributed by atoms with Crippen LogP contribution in [0, 0.1) is 0 Å². The number of rotatable bonds is 8. The van der Waals surface area contributed by atoms with Gasteiger partial charge in [0, 0.05) is 13.0 Å². The molecule has 0 unspecified atom stereocenters. The highest BCUT2D eigenvalue weighted by molar-refractivity contribution is 5.78. The molecule has 0 aromatic heterocycles. The van der Waals surface area contributed by atoms with Crippen molar-refractivity contribution in [2.45, 2.75) is 25.3 Å². The van der Waals surface area contributed by atoms with Crippen molar-refractivity contribution >= 4 is 5.91 Å². The lowest BCUT2D eigenvalue weighted by molar-refractivity contribution is -0.133. The first-order valence-electron chi connectivity index (χ1n) is 11.4. The maximum atomic E-state index is 13.5. The van der Waals surface area contributed by atoms with E-state index in [1.807, 2.05) is 53.4 Å². The van der Waals surface area contributed by atoms with E-state index < -0.39 is 0 Å². The zero-order valence-electron chi connectivity index (χ0n) is 20.2. The molecule has 6 nitrogen and oxygen atoms in total. The summed E-state index contributed by atoms with van der Waals surface area (Å²) in [5, 5.41) is 0. The van der Waals surface area contributed by atoms with Crippen molar-refractivity contribution in [1.29, 1.82) is 0 Å². The first-order valence-corrected chi connectivity index (χ1v) is 11.4. The fourth-order valence-electron chi connectivity index (χ4n) is 4.64. The van der Waals surface area contributed by atoms with Crippen molar-refractivity contribution in [2.75, 3.05) is 35.0 Å². The number of carbonyl (C=O) groups excluding carboxylic acids is 1. The SMILES string of the molecule is COc1ccc([C@@H]2c3cc(OC)c(OC)cc3CCN2C(=O)CCc2ccccc2)cc1OC. The fraction of sp³-hybridized carbons (Fsp3) is 0.321. The Morgan fingerprint density at radius 1 is 0.824 bits per heavy atom. The number of hydrogen-bond donors (Lipinski definition) is 0. The maximum Gasteiger partial charge on any atom is 0.223 e. The summed E-state index contributed by atoms with van der Waals surface area (Å²) in [7, 11) is 6.50. The van der Waals surface area contributed by atoms with Crippen LogP contribution in [0.15, 0.2) is 60.7 Å². The molecule has 0 N–H and O–H groups in total. The average molecular weight is 462 g/mol. The van der Waals surface area contributed by atoms with E-state index in [-0.39, 0.29) is 11.9 Å². The van der Waals surface area contributed by atoms with Gasteiger partial charge in [0.1, 0.15) is 0 Å². The van der Waals surface area contributed by atoms with Gasteiger partial charge in [0.25, 0.3) is 0 Å². The van der Waals surface area contributed by atoms with E-state index in [2.05, 4.69) is 12.1 Å². The fourth-order valence-corrected chi connectivity index (χ4v) is 4.64. The van der Waals surface area contributed by atoms with Gasteiger partial charge in [0.15, 0.2) is 23.0 Å². The lowest BCUT2D eigenvalue weighted by atomic mass is 9.87. The van der Waals surface area contributed by atoms with Crippen LogP contribution in [0.4, 0.5) is 0 Å². The second-order valence-electron chi connectivity index (χ2n) is 8.25. The Hall–Kier alpha value is -3.67. The monoisotopic (exact) mass is 461 g/mol. The minimum absolute atomic E-state index is 0.115. The van der Waals surface area contributed by atoms with Gasteiger partial charge in [-0.1, -0.05) is 36.4 Å². The Morgan fingerprint density at radius 3 is 2.15 bits per heavy atom. The summed E-state index contributed by atoms with van der Waals surface area (Å²) in [6.45, 7) is 0.620. The number of nitrogens with zero attached hydrogens (tertiary/aromatic N) is 1. The van der Waals surface area contributed by atoms with Crippen LogP contribution in [0.25, 0.3) is 0 Å². The summed E-state index contributed by atoms with van der Waals surface area (Å²) in [4.78, 5) is 15.5. The second kappa shape index (κ2) is 10.5. The second-order valence-corrected chi connectivity index (χ2v) is 8.25. The molecular formula is C28H31NO5. The molecule has 3 aromatic carbocycles. The molecule has 1 atom stereocenters. The summed E-state index contributed by atoms with van der Waals surface area (Å²) in [5.41, 5.74) is 4.29. The molecule has 0 saturated carbocycles. The number of methoxy groups -OCH3 is 4. The summed E-state index contributed by atoms with van der Waals surface area (Å²) in [6.07, 6.45) is 1.89. The third-order valence-electron chi connectivity index (χ3n) is 6.39. The molecule has 34 heavy (non-hydrogen) atoms. The molecule has 0 radical (unpaired) electrons. The van der Waals surface area contributed by atoms with Crippen LogP contribution in [0.3, 0.4) is 0 Å². The molecule has 0 aliphatic carbocycles. The predicted molar refractivity (Wildman–Crippen MR) is 131 cm³/mol. The molecule has 1 amide bonds. The minimum Gasteiger partial charge on any atom is -0.493 e. The van der Waals surface area contributed by atoms with Crippen molar-refractivity contribution in [2.24, 2.45) is 0 Å². The van der Waals surface area contributed by atoms with E-state index in [4.69, 9.17) is 18.9 Å². The number of benzene rings is 3. The van der Waals surface area contributed by atoms with Gasteiger partial charge in [0.2, 0.25) is 5.91 Å². The normalized spacial score (nSPS) is 14.8. The first kappa shape index (κ1) is 23.5. The molecule has 1 aliphatic rings. The standard InChI is InChI=1S/C28H31NO5/c1-31-23-12-11-21(17-24(23)32-2)28-22-18-26(34-4)25(33-3)16-20(22)14-15-29(28)27(30)13-10-19-8-6-5-7-9-19/h5-9,11-12,16-18,28H,10,13-15H2,1-4H3/t28-/m1/s1. The van der Waals surface area contributed by atoms with E-state index in [1.54, 1.807) is 28.4 Å². The maximum absolute atomic E-state index is 13.5. The van der Waals surface area contributed by atoms with E-state index >= 15 is 0 Å². The molecule has 0 fully saturated rings. The Kier molecular flexibility index (Phi) is 7.26. The molecule has 178 valence electrons. The minimum atomic E-state index is -0.272. The first-order chi connectivity index (χ1) is 16.6. The third kappa shape index (κ3) is 4.67. The molecule has 6 heteroatoms. The van der Waals surface area contributed by atoms with Gasteiger partial charge in [-0.25, -0.2) is 0 Å². The van der Waals surface area contributed by atoms with Crippen LogP contribution < -0.4 is 18.9 Å². The summed E-state index contributed by atoms with van der Waals surface area (Å²) in [5.74, 6) is 2.73. The molecule has 3 aromatic rings. The quantitative estimate of drug-likeness (QED) is 0.481. The lowest BCUT2D eigenvalue weighted by Crippen LogP contribution is -2.40. The van der Waals surface area contributed by atoms with Crippen molar-refractivity contribution in [1.82, 2.24) is 4.90 Å². The molecule has 4 rings (SSSR count). The van der Waals surface area contributed by atoms with Crippen molar-refractivity contribution in [3.05, 3.63) is 82.9 Å². The van der Waals surface area contributed by atoms with Gasteiger partial charge in [-0.3, -0.25) is 4.79 Å². The number of carbonyl (C=O) groups is 1. The van der Waals surface area contributed by atoms with Gasteiger partial charge in [-0.05, 0) is 59.4 Å². The molecule has 1 aliphatic heterocycles. The van der Waals surface area contributed by atoms with Gasteiger partial charge in [0.05, 0.1) is 34.5 Å². The smallest absolute Gasteiger partial charge is 0.223 e. The van der Waals surface area contributed by atoms with Crippen LogP contribution in [0.2, 0.25) is 0 Å². The molecular weight excluding hydrogens is 430 g/mol. The zero-order valence-corrected chi connectivity index (χ0v) is 20.2. The van der Waals surface area contributed by atoms with Crippen LogP contribution in [0.5, 0.6) is 23.0 Å². The van der Waals surface area contributed by atoms with Gasteiger partial charge in [-0.15, -0.1) is 0 Å². The van der Waals surface area contributed by atoms with E-state index in [1.165, 1.54) is 0 Å². The number of fused-ring (bicyclic) bond motifs is 1. The van der Waals surface area contributed by atoms with E-state index in [0.717, 1.165) is 28.7 Å². The largest absolute Gasteiger partial charge is 0.493 e. The summed E-state index contributed by atoms with van der Waals surface area (Å²) < 4.78 is 22.1. The highest BCUT2D eigenvalue weighted by Crippen LogP contribution is 2.43. The van der Waals surface area contributed by atoms with Crippen LogP contribution in [0.1, 0.15) is 34.7 Å². The number of aryl methyl sites for hydroxylation is 1. The zero-order chi connectivity index (χ0) is 24.1. The topological polar surface area (TPSA) is 57.2 Å². The van der Waals surface area contributed by atoms with E-state index in [9.17, 15) is 4.79 Å². The number of hydrogen-bond acceptors (Lipinski definition) is 5. The van der Waals surface area contributed by atoms with Gasteiger partial charge in [-0.2, -0.15) is 0 Å². The highest BCUT2D eigenvalue weighted by Gasteiger charge is 2.33. The van der Waals surface area contributed by atoms with E-state index in [0.29, 0.717) is 42.4 Å². The van der Waals surface area contributed by atoms with Gasteiger partial charge < -0.3 is 23.8 Å². The predicted octanol–water partition coefficient (Wildman–Crippen LogP) is 4.83. The van der Waals surface area contributed by atoms with Crippen molar-refractivity contribution < 1.29 is 23.7 Å². The number of amides is 1. The Labute approximate surface area is 201 Å². The van der Waals surface area contributed by atoms with Gasteiger partial charge >= 0.3 is 0 Å². The Balaban J connectivity index is 1.75. The lowest BCUT2D eigenvalue weighted by Gasteiger charge is -2.38. The van der Waals surface area contributed by atoms with Crippen molar-refractivity contribution in [3.63, 3.8) is 0 Å². The highest BCUT2D eigenvalue weighted by atomic mass is 16.5. The molecule has 0 saturated heterocycles. The third-order valence-corrected chi connectivity index (χ3v) is 6.39. The van der Waals surface area contributed by atoms with Crippen LogP contribution in [-0.4, -0.2) is 45.8 Å². The number of ether oxygens (including phenoxy) is 4. The van der Waals surface area contributed by atoms with Crippen LogP contribution >= 0.6 is 0 Å². The Morgan fingerprint density at radius 2 is 1.47 bits per heavy atom. The molecule has 0 spiro atoms. The van der Waals surface area contributed by atoms with Crippen molar-refractivity contribution in [3.8, 4) is 23.0 Å². The molecule has 0 bridgehead atoms. The van der Waals surface area contributed by atoms with Crippen LogP contribution in [-0.2, 0) is 17.6 Å². The summed E-state index contributed by atoms with van der Waals surface area (Å²) in [6, 6.07) is 19.7. The molecule has 1 heterocycles.